The van der Waals surface area contributed by atoms with Crippen LogP contribution in [-0.4, -0.2) is 21.0 Å². The van der Waals surface area contributed by atoms with Crippen molar-refractivity contribution in [3.8, 4) is 11.1 Å². The van der Waals surface area contributed by atoms with Crippen LogP contribution in [-0.2, 0) is 0 Å². The van der Waals surface area contributed by atoms with E-state index in [0.717, 1.165) is 34.9 Å². The van der Waals surface area contributed by atoms with E-state index in [2.05, 4.69) is 39.4 Å². The molecule has 106 valence electrons. The molecule has 1 saturated carbocycles. The van der Waals surface area contributed by atoms with E-state index in [-0.39, 0.29) is 12.1 Å². The Balaban J connectivity index is 1.83. The Morgan fingerprint density at radius 2 is 1.80 bits per heavy atom. The molecule has 1 aromatic heterocycles. The maximum Gasteiger partial charge on any atom is 0.0778 e. The molecule has 1 aliphatic rings. The van der Waals surface area contributed by atoms with Gasteiger partial charge in [0.25, 0.3) is 0 Å². The first-order valence-corrected chi connectivity index (χ1v) is 8.01. The van der Waals surface area contributed by atoms with Crippen molar-refractivity contribution < 1.29 is 5.11 Å². The van der Waals surface area contributed by atoms with Gasteiger partial charge in [-0.1, -0.05) is 47.3 Å². The van der Waals surface area contributed by atoms with Gasteiger partial charge in [-0.05, 0) is 30.5 Å². The number of benzene rings is 1. The summed E-state index contributed by atoms with van der Waals surface area (Å²) in [6.07, 6.45) is 9.10. The summed E-state index contributed by atoms with van der Waals surface area (Å²) >= 11 is 3.45. The van der Waals surface area contributed by atoms with Crippen molar-refractivity contribution in [2.24, 2.45) is 0 Å². The highest BCUT2D eigenvalue weighted by Crippen LogP contribution is 2.29. The summed E-state index contributed by atoms with van der Waals surface area (Å²) in [7, 11) is 0. The van der Waals surface area contributed by atoms with Crippen LogP contribution in [0, 0.1) is 0 Å². The number of hydrogen-bond donors (Lipinski definition) is 1. The summed E-state index contributed by atoms with van der Waals surface area (Å²) in [5.41, 5.74) is 2.26. The Morgan fingerprint density at radius 3 is 2.60 bits per heavy atom. The summed E-state index contributed by atoms with van der Waals surface area (Å²) in [4.78, 5) is 0. The molecule has 0 saturated heterocycles. The van der Waals surface area contributed by atoms with Gasteiger partial charge in [-0.2, -0.15) is 5.10 Å². The minimum absolute atomic E-state index is 0.127. The fourth-order valence-electron chi connectivity index (χ4n) is 2.89. The van der Waals surface area contributed by atoms with Crippen molar-refractivity contribution in [2.45, 2.75) is 44.2 Å². The zero-order valence-corrected chi connectivity index (χ0v) is 13.0. The Morgan fingerprint density at radius 1 is 1.05 bits per heavy atom. The molecular formula is C16H19BrN2O. The van der Waals surface area contributed by atoms with Gasteiger partial charge in [-0.25, -0.2) is 0 Å². The summed E-state index contributed by atoms with van der Waals surface area (Å²) in [6, 6.07) is 8.35. The number of rotatable bonds is 2. The molecule has 4 heteroatoms. The van der Waals surface area contributed by atoms with Crippen LogP contribution < -0.4 is 0 Å². The predicted octanol–water partition coefficient (Wildman–Crippen LogP) is 4.18. The normalized spacial score (nSPS) is 23.5. The van der Waals surface area contributed by atoms with Crippen LogP contribution in [0.1, 0.15) is 38.1 Å². The molecule has 0 bridgehead atoms. The molecule has 2 atom stereocenters. The zero-order chi connectivity index (χ0) is 13.9. The number of halogens is 1. The van der Waals surface area contributed by atoms with E-state index in [1.165, 1.54) is 12.8 Å². The van der Waals surface area contributed by atoms with Gasteiger partial charge < -0.3 is 5.11 Å². The maximum absolute atomic E-state index is 10.3. The second-order valence-corrected chi connectivity index (χ2v) is 6.40. The zero-order valence-electron chi connectivity index (χ0n) is 11.4. The fraction of sp³-hybridized carbons (Fsp3) is 0.438. The van der Waals surface area contributed by atoms with E-state index in [1.807, 2.05) is 23.0 Å². The summed E-state index contributed by atoms with van der Waals surface area (Å²) < 4.78 is 3.03. The quantitative estimate of drug-likeness (QED) is 0.836. The summed E-state index contributed by atoms with van der Waals surface area (Å²) in [6.45, 7) is 0. The molecular weight excluding hydrogens is 316 g/mol. The predicted molar refractivity (Wildman–Crippen MR) is 83.5 cm³/mol. The van der Waals surface area contributed by atoms with Crippen LogP contribution in [0.15, 0.2) is 41.1 Å². The highest BCUT2D eigenvalue weighted by Gasteiger charge is 2.23. The third kappa shape index (κ3) is 2.96. The Hall–Kier alpha value is -1.13. The van der Waals surface area contributed by atoms with Gasteiger partial charge in [0.2, 0.25) is 0 Å². The lowest BCUT2D eigenvalue weighted by atomic mass is 10.1. The molecule has 1 N–H and O–H groups in total. The van der Waals surface area contributed by atoms with Crippen molar-refractivity contribution >= 4 is 15.9 Å². The van der Waals surface area contributed by atoms with Crippen molar-refractivity contribution in [1.82, 2.24) is 9.78 Å². The molecule has 3 nitrogen and oxygen atoms in total. The van der Waals surface area contributed by atoms with E-state index in [0.29, 0.717) is 0 Å². The molecule has 1 aromatic carbocycles. The molecule has 2 unspecified atom stereocenters. The lowest BCUT2D eigenvalue weighted by Gasteiger charge is -2.20. The van der Waals surface area contributed by atoms with Crippen LogP contribution in [0.3, 0.4) is 0 Å². The van der Waals surface area contributed by atoms with Gasteiger partial charge >= 0.3 is 0 Å². The van der Waals surface area contributed by atoms with E-state index < -0.39 is 0 Å². The summed E-state index contributed by atoms with van der Waals surface area (Å²) in [5.74, 6) is 0. The maximum atomic E-state index is 10.3. The highest BCUT2D eigenvalue weighted by atomic mass is 79.9. The Bertz CT molecular complexity index is 564. The average molecular weight is 335 g/mol. The second-order valence-electron chi connectivity index (χ2n) is 5.49. The number of hydrogen-bond acceptors (Lipinski definition) is 2. The standard InChI is InChI=1S/C16H19BrN2O/c17-14-8-6-12(7-9-14)13-10-18-19(11-13)15-4-2-1-3-5-16(15)20/h6-11,15-16,20H,1-5H2. The monoisotopic (exact) mass is 334 g/mol. The third-order valence-corrected chi connectivity index (χ3v) is 4.59. The molecule has 1 aliphatic carbocycles. The largest absolute Gasteiger partial charge is 0.391 e. The smallest absolute Gasteiger partial charge is 0.0778 e. The summed E-state index contributed by atoms with van der Waals surface area (Å²) in [5, 5.41) is 14.7. The van der Waals surface area contributed by atoms with Crippen LogP contribution >= 0.6 is 15.9 Å². The second kappa shape index (κ2) is 6.10. The Labute approximate surface area is 127 Å². The number of nitrogens with zero attached hydrogens (tertiary/aromatic N) is 2. The number of aliphatic hydroxyl groups excluding tert-OH is 1. The van der Waals surface area contributed by atoms with Gasteiger partial charge in [-0.3, -0.25) is 4.68 Å². The van der Waals surface area contributed by atoms with E-state index in [1.54, 1.807) is 0 Å². The topological polar surface area (TPSA) is 38.0 Å². The lowest BCUT2D eigenvalue weighted by Crippen LogP contribution is -2.23. The van der Waals surface area contributed by atoms with E-state index in [9.17, 15) is 5.11 Å². The molecule has 2 aromatic rings. The van der Waals surface area contributed by atoms with Crippen molar-refractivity contribution in [1.29, 1.82) is 0 Å². The molecule has 0 amide bonds. The van der Waals surface area contributed by atoms with Crippen molar-refractivity contribution in [2.75, 3.05) is 0 Å². The molecule has 0 spiro atoms. The van der Waals surface area contributed by atoms with Gasteiger partial charge in [-0.15, -0.1) is 0 Å². The fourth-order valence-corrected chi connectivity index (χ4v) is 3.15. The number of aliphatic hydroxyl groups is 1. The van der Waals surface area contributed by atoms with Gasteiger partial charge in [0.05, 0.1) is 18.3 Å². The minimum Gasteiger partial charge on any atom is -0.391 e. The number of aromatic nitrogens is 2. The average Bonchev–Trinajstić information content (AvgIpc) is 2.83. The molecule has 0 radical (unpaired) electrons. The lowest BCUT2D eigenvalue weighted by molar-refractivity contribution is 0.0991. The molecule has 3 rings (SSSR count). The molecule has 0 aliphatic heterocycles. The van der Waals surface area contributed by atoms with Crippen LogP contribution in [0.4, 0.5) is 0 Å². The minimum atomic E-state index is -0.268. The third-order valence-electron chi connectivity index (χ3n) is 4.06. The first-order valence-electron chi connectivity index (χ1n) is 7.22. The molecule has 1 fully saturated rings. The first-order chi connectivity index (χ1) is 9.74. The van der Waals surface area contributed by atoms with Crippen molar-refractivity contribution in [3.05, 3.63) is 41.1 Å². The van der Waals surface area contributed by atoms with Gasteiger partial charge in [0.1, 0.15) is 0 Å². The van der Waals surface area contributed by atoms with Crippen LogP contribution in [0.25, 0.3) is 11.1 Å². The highest BCUT2D eigenvalue weighted by molar-refractivity contribution is 9.10. The molecule has 20 heavy (non-hydrogen) atoms. The van der Waals surface area contributed by atoms with Crippen molar-refractivity contribution in [3.63, 3.8) is 0 Å². The first kappa shape index (κ1) is 13.8. The van der Waals surface area contributed by atoms with E-state index in [4.69, 9.17) is 0 Å². The van der Waals surface area contributed by atoms with Crippen LogP contribution in [0.5, 0.6) is 0 Å². The van der Waals surface area contributed by atoms with Gasteiger partial charge in [0.15, 0.2) is 0 Å². The van der Waals surface area contributed by atoms with E-state index >= 15 is 0 Å². The van der Waals surface area contributed by atoms with Crippen LogP contribution in [0.2, 0.25) is 0 Å². The van der Waals surface area contributed by atoms with Gasteiger partial charge in [0, 0.05) is 16.2 Å². The Kier molecular flexibility index (Phi) is 4.22. The molecule has 1 heterocycles. The SMILES string of the molecule is OC1CCCCCC1n1cc(-c2ccc(Br)cc2)cn1.